The smallest absolute Gasteiger partial charge is 0.271 e. The lowest BCUT2D eigenvalue weighted by atomic mass is 9.94. The number of fused-ring (bicyclic) bond motifs is 1. The third kappa shape index (κ3) is 6.13. The van der Waals surface area contributed by atoms with Gasteiger partial charge in [-0.25, -0.2) is 4.99 Å². The number of aromatic nitrogens is 1. The molecule has 0 aliphatic carbocycles. The molecule has 1 aromatic heterocycles. The molecule has 1 aliphatic rings. The molecule has 0 spiro atoms. The van der Waals surface area contributed by atoms with E-state index in [1.54, 1.807) is 21.6 Å². The summed E-state index contributed by atoms with van der Waals surface area (Å²) < 4.78 is 8.86. The first-order chi connectivity index (χ1) is 20.2. The fourth-order valence-corrected chi connectivity index (χ4v) is 6.76. The Balaban J connectivity index is 1.54. The van der Waals surface area contributed by atoms with Crippen LogP contribution in [0, 0.1) is 0 Å². The molecule has 4 aromatic rings. The number of hydrogen-bond donors (Lipinski definition) is 0. The predicted octanol–water partition coefficient (Wildman–Crippen LogP) is 6.75. The van der Waals surface area contributed by atoms with Crippen molar-refractivity contribution < 1.29 is 9.53 Å². The zero-order valence-corrected chi connectivity index (χ0v) is 27.1. The second kappa shape index (κ2) is 13.0. The number of hydrogen-bond acceptors (Lipinski definition) is 5. The van der Waals surface area contributed by atoms with Gasteiger partial charge in [-0.15, -0.1) is 0 Å². The van der Waals surface area contributed by atoms with E-state index in [1.165, 1.54) is 11.3 Å². The van der Waals surface area contributed by atoms with Gasteiger partial charge in [0.1, 0.15) is 12.4 Å². The lowest BCUT2D eigenvalue weighted by Crippen LogP contribution is -2.43. The van der Waals surface area contributed by atoms with Gasteiger partial charge in [-0.05, 0) is 84.2 Å². The lowest BCUT2D eigenvalue weighted by Gasteiger charge is -2.29. The molecule has 0 radical (unpaired) electrons. The Kier molecular flexibility index (Phi) is 9.38. The van der Waals surface area contributed by atoms with E-state index < -0.39 is 6.04 Å². The molecule has 0 unspecified atom stereocenters. The topological polar surface area (TPSA) is 63.9 Å². The van der Waals surface area contributed by atoms with Crippen molar-refractivity contribution in [2.24, 2.45) is 4.99 Å². The number of halogens is 3. The highest BCUT2D eigenvalue weighted by Crippen LogP contribution is 2.32. The van der Waals surface area contributed by atoms with Gasteiger partial charge < -0.3 is 9.64 Å². The third-order valence-corrected chi connectivity index (χ3v) is 9.31. The maximum Gasteiger partial charge on any atom is 0.271 e. The Morgan fingerprint density at radius 2 is 1.81 bits per heavy atom. The Hall–Kier alpha value is -3.17. The van der Waals surface area contributed by atoms with E-state index in [0.717, 1.165) is 21.2 Å². The van der Waals surface area contributed by atoms with E-state index in [4.69, 9.17) is 32.9 Å². The van der Waals surface area contributed by atoms with E-state index in [9.17, 15) is 9.59 Å². The summed E-state index contributed by atoms with van der Waals surface area (Å²) in [6.45, 7) is 7.14. The molecule has 0 bridgehead atoms. The van der Waals surface area contributed by atoms with Gasteiger partial charge in [0.15, 0.2) is 4.80 Å². The van der Waals surface area contributed by atoms with E-state index in [0.29, 0.717) is 56.1 Å². The van der Waals surface area contributed by atoms with E-state index >= 15 is 0 Å². The van der Waals surface area contributed by atoms with Crippen LogP contribution < -0.4 is 19.6 Å². The van der Waals surface area contributed by atoms with Gasteiger partial charge in [-0.1, -0.05) is 70.9 Å². The average Bonchev–Trinajstić information content (AvgIpc) is 3.27. The normalized spacial score (nSPS) is 14.9. The van der Waals surface area contributed by atoms with Crippen LogP contribution >= 0.6 is 50.5 Å². The molecule has 1 amide bonds. The molecule has 42 heavy (non-hydrogen) atoms. The van der Waals surface area contributed by atoms with Crippen LogP contribution in [0.4, 0.5) is 0 Å². The molecule has 10 heteroatoms. The number of carbonyl (C=O) groups is 1. The van der Waals surface area contributed by atoms with Crippen molar-refractivity contribution >= 4 is 62.5 Å². The molecule has 6 nitrogen and oxygen atoms in total. The summed E-state index contributed by atoms with van der Waals surface area (Å²) in [5.74, 6) is 0.526. The van der Waals surface area contributed by atoms with Crippen LogP contribution in [0.2, 0.25) is 10.0 Å². The van der Waals surface area contributed by atoms with Crippen molar-refractivity contribution in [2.45, 2.75) is 33.4 Å². The number of benzene rings is 3. The first kappa shape index (κ1) is 30.3. The van der Waals surface area contributed by atoms with Gasteiger partial charge in [0.05, 0.1) is 26.3 Å². The highest BCUT2D eigenvalue weighted by atomic mass is 79.9. The molecule has 0 saturated heterocycles. The summed E-state index contributed by atoms with van der Waals surface area (Å²) >= 11 is 17.3. The first-order valence-corrected chi connectivity index (χ1v) is 15.8. The minimum atomic E-state index is -0.624. The van der Waals surface area contributed by atoms with Crippen LogP contribution in [0.5, 0.6) is 5.75 Å². The molecule has 1 aliphatic heterocycles. The van der Waals surface area contributed by atoms with E-state index in [1.807, 2.05) is 81.4 Å². The van der Waals surface area contributed by atoms with E-state index in [2.05, 4.69) is 15.9 Å². The standard InChI is InChI=1S/C32H28BrCl2N3O3S/c1-4-37(5-2)31(40)28-19(3)36-32-38(29(28)21-11-13-23(34)14-12-21)30(39)27(42-32)17-20-10-15-26(24(33)16-20)41-18-22-8-6-7-9-25(22)35/h6-17,29H,4-5,18H2,1-3H3/b27-17+/t29-/m1/s1. The second-order valence-corrected chi connectivity index (χ2v) is 12.4. The molecule has 2 heterocycles. The average molecular weight is 685 g/mol. The summed E-state index contributed by atoms with van der Waals surface area (Å²) in [5.41, 5.74) is 3.37. The zero-order valence-electron chi connectivity index (χ0n) is 23.2. The van der Waals surface area contributed by atoms with Crippen molar-refractivity contribution in [1.82, 2.24) is 9.47 Å². The van der Waals surface area contributed by atoms with Crippen LogP contribution in [0.3, 0.4) is 0 Å². The molecular weight excluding hydrogens is 657 g/mol. The largest absolute Gasteiger partial charge is 0.488 e. The number of ether oxygens (including phenoxy) is 1. The summed E-state index contributed by atoms with van der Waals surface area (Å²) in [7, 11) is 0. The molecule has 0 N–H and O–H groups in total. The van der Waals surface area contributed by atoms with Crippen molar-refractivity contribution in [1.29, 1.82) is 0 Å². The van der Waals surface area contributed by atoms with Crippen LogP contribution in [-0.4, -0.2) is 28.5 Å². The summed E-state index contributed by atoms with van der Waals surface area (Å²) in [6, 6.07) is 19.8. The highest BCUT2D eigenvalue weighted by molar-refractivity contribution is 9.10. The van der Waals surface area contributed by atoms with Crippen molar-refractivity contribution in [3.63, 3.8) is 0 Å². The van der Waals surface area contributed by atoms with Crippen molar-refractivity contribution in [3.8, 4) is 5.75 Å². The molecule has 0 saturated carbocycles. The Morgan fingerprint density at radius 3 is 2.48 bits per heavy atom. The van der Waals surface area contributed by atoms with Crippen LogP contribution in [-0.2, 0) is 11.4 Å². The number of rotatable bonds is 8. The summed E-state index contributed by atoms with van der Waals surface area (Å²) in [5, 5.41) is 1.23. The molecular formula is C32H28BrCl2N3O3S. The predicted molar refractivity (Wildman–Crippen MR) is 173 cm³/mol. The van der Waals surface area contributed by atoms with Crippen LogP contribution in [0.15, 0.2) is 92.3 Å². The molecule has 216 valence electrons. The SMILES string of the molecule is CCN(CC)C(=O)C1=C(C)N=c2s/c(=C/c3ccc(OCc4ccccc4Cl)c(Br)c3)c(=O)n2[C@@H]1c1ccc(Cl)cc1. The van der Waals surface area contributed by atoms with Gasteiger partial charge in [0, 0.05) is 28.7 Å². The minimum Gasteiger partial charge on any atom is -0.488 e. The highest BCUT2D eigenvalue weighted by Gasteiger charge is 2.34. The molecule has 5 rings (SSSR count). The Bertz CT molecular complexity index is 1860. The number of amides is 1. The Labute approximate surface area is 266 Å². The maximum atomic E-state index is 14.0. The van der Waals surface area contributed by atoms with Crippen molar-refractivity contribution in [3.05, 3.63) is 129 Å². The second-order valence-electron chi connectivity index (χ2n) is 9.68. The number of thiazole rings is 1. The fourth-order valence-electron chi connectivity index (χ4n) is 4.88. The number of carbonyl (C=O) groups excluding carboxylic acids is 1. The summed E-state index contributed by atoms with van der Waals surface area (Å²) in [4.78, 5) is 34.7. The molecule has 3 aromatic carbocycles. The summed E-state index contributed by atoms with van der Waals surface area (Å²) in [6.07, 6.45) is 1.83. The number of nitrogens with zero attached hydrogens (tertiary/aromatic N) is 3. The quantitative estimate of drug-likeness (QED) is 0.206. The van der Waals surface area contributed by atoms with E-state index in [-0.39, 0.29) is 11.5 Å². The van der Waals surface area contributed by atoms with Crippen molar-refractivity contribution in [2.75, 3.05) is 13.1 Å². The third-order valence-electron chi connectivity index (χ3n) is 7.08. The number of likely N-dealkylation sites (N-methyl/N-ethyl adjacent to an activating group) is 1. The number of allylic oxidation sites excluding steroid dienone is 1. The van der Waals surface area contributed by atoms with Gasteiger partial charge in [0.25, 0.3) is 11.5 Å². The monoisotopic (exact) mass is 683 g/mol. The van der Waals surface area contributed by atoms with Gasteiger partial charge in [-0.3, -0.25) is 14.2 Å². The zero-order chi connectivity index (χ0) is 30.0. The Morgan fingerprint density at radius 1 is 1.10 bits per heavy atom. The fraction of sp³-hybridized carbons (Fsp3) is 0.219. The van der Waals surface area contributed by atoms with Crippen LogP contribution in [0.1, 0.15) is 43.5 Å². The minimum absolute atomic E-state index is 0.133. The van der Waals surface area contributed by atoms with Crippen LogP contribution in [0.25, 0.3) is 6.08 Å². The first-order valence-electron chi connectivity index (χ1n) is 13.4. The maximum absolute atomic E-state index is 14.0. The van der Waals surface area contributed by atoms with Gasteiger partial charge in [0.2, 0.25) is 0 Å². The molecule has 0 fully saturated rings. The molecule has 1 atom stereocenters. The van der Waals surface area contributed by atoms with Gasteiger partial charge >= 0.3 is 0 Å². The lowest BCUT2D eigenvalue weighted by molar-refractivity contribution is -0.127. The van der Waals surface area contributed by atoms with Gasteiger partial charge in [-0.2, -0.15) is 0 Å².